The van der Waals surface area contributed by atoms with E-state index >= 15 is 0 Å². The van der Waals surface area contributed by atoms with Crippen LogP contribution in [0.3, 0.4) is 0 Å². The molecular weight excluding hydrogens is 206 g/mol. The smallest absolute Gasteiger partial charge is 0.123 e. The number of benzene rings is 1. The van der Waals surface area contributed by atoms with E-state index in [0.29, 0.717) is 6.42 Å². The highest BCUT2D eigenvalue weighted by atomic mass is 32.1. The Morgan fingerprint density at radius 1 is 1.53 bits per heavy atom. The molecule has 78 valence electrons. The van der Waals surface area contributed by atoms with Crippen LogP contribution in [0.5, 0.6) is 0 Å². The number of aliphatic hydroxyl groups is 1. The van der Waals surface area contributed by atoms with Crippen molar-refractivity contribution >= 4 is 21.6 Å². The Hall–Kier alpha value is -1.19. The number of fused-ring (bicyclic) bond motifs is 1. The summed E-state index contributed by atoms with van der Waals surface area (Å²) in [6, 6.07) is 7.92. The van der Waals surface area contributed by atoms with Gasteiger partial charge in [0.25, 0.3) is 0 Å². The van der Waals surface area contributed by atoms with E-state index in [-0.39, 0.29) is 0 Å². The monoisotopic (exact) mass is 219 g/mol. The van der Waals surface area contributed by atoms with Gasteiger partial charge in [0.1, 0.15) is 11.1 Å². The highest BCUT2D eigenvalue weighted by Crippen LogP contribution is 2.28. The number of hydrogen-bond acceptors (Lipinski definition) is 3. The summed E-state index contributed by atoms with van der Waals surface area (Å²) in [5, 5.41) is 10.7. The van der Waals surface area contributed by atoms with E-state index in [1.807, 2.05) is 31.2 Å². The van der Waals surface area contributed by atoms with Crippen molar-refractivity contribution in [1.82, 2.24) is 4.98 Å². The first-order chi connectivity index (χ1) is 7.16. The molecule has 15 heavy (non-hydrogen) atoms. The lowest BCUT2D eigenvalue weighted by Crippen LogP contribution is -1.96. The topological polar surface area (TPSA) is 33.1 Å². The summed E-state index contributed by atoms with van der Waals surface area (Å²) < 4.78 is 1.12. The molecule has 2 nitrogen and oxygen atoms in total. The number of para-hydroxylation sites is 1. The third-order valence-corrected chi connectivity index (χ3v) is 3.27. The number of rotatable bonds is 3. The van der Waals surface area contributed by atoms with Gasteiger partial charge in [-0.1, -0.05) is 17.7 Å². The maximum Gasteiger partial charge on any atom is 0.123 e. The highest BCUT2D eigenvalue weighted by Gasteiger charge is 2.12. The van der Waals surface area contributed by atoms with Gasteiger partial charge in [-0.3, -0.25) is 0 Å². The summed E-state index contributed by atoms with van der Waals surface area (Å²) in [6.07, 6.45) is 0.0692. The van der Waals surface area contributed by atoms with Gasteiger partial charge in [-0.2, -0.15) is 0 Å². The number of hydrogen-bond donors (Lipinski definition) is 1. The maximum atomic E-state index is 9.88. The number of aromatic nitrogens is 1. The predicted molar refractivity (Wildman–Crippen MR) is 64.0 cm³/mol. The zero-order chi connectivity index (χ0) is 10.8. The predicted octanol–water partition coefficient (Wildman–Crippen LogP) is 3.30. The minimum atomic E-state index is -0.514. The second-order valence-electron chi connectivity index (χ2n) is 3.70. The highest BCUT2D eigenvalue weighted by molar-refractivity contribution is 7.18. The fraction of sp³-hybridized carbons (Fsp3) is 0.250. The lowest BCUT2D eigenvalue weighted by atomic mass is 10.1. The van der Waals surface area contributed by atoms with Crippen LogP contribution in [0.15, 0.2) is 36.4 Å². The fourth-order valence-electron chi connectivity index (χ4n) is 1.45. The molecule has 3 heteroatoms. The summed E-state index contributed by atoms with van der Waals surface area (Å²) >= 11 is 1.55. The lowest BCUT2D eigenvalue weighted by Gasteiger charge is -2.05. The molecule has 0 fully saturated rings. The zero-order valence-corrected chi connectivity index (χ0v) is 9.42. The van der Waals surface area contributed by atoms with Crippen molar-refractivity contribution in [1.29, 1.82) is 0 Å². The fourth-order valence-corrected chi connectivity index (χ4v) is 2.40. The van der Waals surface area contributed by atoms with Crippen LogP contribution >= 0.6 is 11.3 Å². The second-order valence-corrected chi connectivity index (χ2v) is 4.76. The first-order valence-corrected chi connectivity index (χ1v) is 5.66. The molecule has 0 saturated heterocycles. The Morgan fingerprint density at radius 2 is 2.27 bits per heavy atom. The van der Waals surface area contributed by atoms with Crippen LogP contribution in [-0.4, -0.2) is 10.1 Å². The molecule has 1 heterocycles. The van der Waals surface area contributed by atoms with E-state index in [9.17, 15) is 5.11 Å². The molecule has 0 amide bonds. The Balaban J connectivity index is 2.32. The SMILES string of the molecule is C=C(C)CC(O)c1nc2ccccc2s1. The van der Waals surface area contributed by atoms with Crippen molar-refractivity contribution in [2.45, 2.75) is 19.4 Å². The minimum Gasteiger partial charge on any atom is -0.386 e. The van der Waals surface area contributed by atoms with Gasteiger partial charge in [-0.25, -0.2) is 4.98 Å². The zero-order valence-electron chi connectivity index (χ0n) is 8.60. The summed E-state index contributed by atoms with van der Waals surface area (Å²) in [5.41, 5.74) is 1.93. The van der Waals surface area contributed by atoms with E-state index in [2.05, 4.69) is 11.6 Å². The Bertz CT molecular complexity index is 456. The molecule has 2 aromatic rings. The molecule has 2 rings (SSSR count). The van der Waals surface area contributed by atoms with Gasteiger partial charge < -0.3 is 5.11 Å². The minimum absolute atomic E-state index is 0.514. The first kappa shape index (κ1) is 10.3. The Kier molecular flexibility index (Phi) is 2.84. The van der Waals surface area contributed by atoms with Crippen LogP contribution in [0.4, 0.5) is 0 Å². The van der Waals surface area contributed by atoms with Gasteiger partial charge in [-0.05, 0) is 19.1 Å². The molecule has 1 unspecified atom stereocenters. The number of nitrogens with zero attached hydrogens (tertiary/aromatic N) is 1. The van der Waals surface area contributed by atoms with E-state index in [4.69, 9.17) is 0 Å². The maximum absolute atomic E-state index is 9.88. The van der Waals surface area contributed by atoms with E-state index in [0.717, 1.165) is 20.8 Å². The molecule has 0 saturated carbocycles. The molecule has 1 atom stereocenters. The summed E-state index contributed by atoms with van der Waals surface area (Å²) in [4.78, 5) is 4.39. The first-order valence-electron chi connectivity index (χ1n) is 4.85. The molecule has 1 aromatic carbocycles. The van der Waals surface area contributed by atoms with Gasteiger partial charge in [0, 0.05) is 6.42 Å². The molecule has 1 aromatic heterocycles. The largest absolute Gasteiger partial charge is 0.386 e. The van der Waals surface area contributed by atoms with Crippen LogP contribution in [0.1, 0.15) is 24.5 Å². The quantitative estimate of drug-likeness (QED) is 0.803. The second kappa shape index (κ2) is 4.13. The number of thiazole rings is 1. The molecule has 0 aliphatic rings. The van der Waals surface area contributed by atoms with Crippen LogP contribution in [-0.2, 0) is 0 Å². The third-order valence-electron chi connectivity index (χ3n) is 2.14. The summed E-state index contributed by atoms with van der Waals surface area (Å²) in [6.45, 7) is 5.70. The molecule has 0 radical (unpaired) electrons. The van der Waals surface area contributed by atoms with Crippen molar-refractivity contribution in [2.75, 3.05) is 0 Å². The average molecular weight is 219 g/mol. The van der Waals surface area contributed by atoms with Gasteiger partial charge >= 0.3 is 0 Å². The van der Waals surface area contributed by atoms with Gasteiger partial charge in [-0.15, -0.1) is 17.9 Å². The van der Waals surface area contributed by atoms with E-state index in [1.54, 1.807) is 11.3 Å². The van der Waals surface area contributed by atoms with Gasteiger partial charge in [0.05, 0.1) is 10.2 Å². The third kappa shape index (κ3) is 2.25. The molecular formula is C12H13NOS. The van der Waals surface area contributed by atoms with Crippen LogP contribution in [0, 0.1) is 0 Å². The van der Waals surface area contributed by atoms with Gasteiger partial charge in [0.15, 0.2) is 0 Å². The van der Waals surface area contributed by atoms with Crippen LogP contribution < -0.4 is 0 Å². The van der Waals surface area contributed by atoms with Crippen molar-refractivity contribution in [3.63, 3.8) is 0 Å². The Labute approximate surface area is 92.9 Å². The van der Waals surface area contributed by atoms with Crippen LogP contribution in [0.25, 0.3) is 10.2 Å². The van der Waals surface area contributed by atoms with Crippen molar-refractivity contribution < 1.29 is 5.11 Å². The average Bonchev–Trinajstić information content (AvgIpc) is 2.59. The standard InChI is InChI=1S/C12H13NOS/c1-8(2)7-10(14)12-13-9-5-3-4-6-11(9)15-12/h3-6,10,14H,1,7H2,2H3. The van der Waals surface area contributed by atoms with Crippen molar-refractivity contribution in [3.05, 3.63) is 41.4 Å². The van der Waals surface area contributed by atoms with Crippen LogP contribution in [0.2, 0.25) is 0 Å². The summed E-state index contributed by atoms with van der Waals surface area (Å²) in [5.74, 6) is 0. The number of aliphatic hydroxyl groups excluding tert-OH is 1. The summed E-state index contributed by atoms with van der Waals surface area (Å²) in [7, 11) is 0. The molecule has 0 aliphatic carbocycles. The van der Waals surface area contributed by atoms with Gasteiger partial charge in [0.2, 0.25) is 0 Å². The van der Waals surface area contributed by atoms with E-state index in [1.165, 1.54) is 0 Å². The molecule has 0 bridgehead atoms. The van der Waals surface area contributed by atoms with E-state index < -0.39 is 6.10 Å². The van der Waals surface area contributed by atoms with Crippen molar-refractivity contribution in [3.8, 4) is 0 Å². The molecule has 0 spiro atoms. The lowest BCUT2D eigenvalue weighted by molar-refractivity contribution is 0.178. The van der Waals surface area contributed by atoms with Crippen molar-refractivity contribution in [2.24, 2.45) is 0 Å². The molecule has 0 aliphatic heterocycles. The Morgan fingerprint density at radius 3 is 2.93 bits per heavy atom. The normalized spacial score (nSPS) is 12.9. The molecule has 1 N–H and O–H groups in total.